The summed E-state index contributed by atoms with van der Waals surface area (Å²) < 4.78 is 16.5. The van der Waals surface area contributed by atoms with Gasteiger partial charge in [-0.25, -0.2) is 9.78 Å². The Morgan fingerprint density at radius 2 is 1.82 bits per heavy atom. The first kappa shape index (κ1) is 32.1. The highest BCUT2D eigenvalue weighted by Crippen LogP contribution is 2.41. The molecule has 2 aromatic carbocycles. The summed E-state index contributed by atoms with van der Waals surface area (Å²) in [7, 11) is 3.18. The molecule has 0 atom stereocenters. The van der Waals surface area contributed by atoms with E-state index in [1.807, 2.05) is 48.5 Å². The summed E-state index contributed by atoms with van der Waals surface area (Å²) in [5, 5.41) is 14.4. The zero-order valence-corrected chi connectivity index (χ0v) is 27.2. The quantitative estimate of drug-likeness (QED) is 0.0999. The smallest absolute Gasteiger partial charge is 0.341 e. The van der Waals surface area contributed by atoms with E-state index in [1.165, 1.54) is 23.1 Å². The van der Waals surface area contributed by atoms with Gasteiger partial charge in [-0.3, -0.25) is 4.79 Å². The Balaban J connectivity index is 1.42. The van der Waals surface area contributed by atoms with Crippen LogP contribution in [0.4, 0.5) is 5.00 Å². The largest absolute Gasteiger partial charge is 0.497 e. The van der Waals surface area contributed by atoms with E-state index in [9.17, 15) is 14.9 Å². The van der Waals surface area contributed by atoms with Crippen LogP contribution >= 0.6 is 23.1 Å². The number of thioether (sulfide) groups is 1. The van der Waals surface area contributed by atoms with Crippen molar-refractivity contribution in [3.63, 3.8) is 0 Å². The lowest BCUT2D eigenvalue weighted by Gasteiger charge is -2.15. The van der Waals surface area contributed by atoms with E-state index in [1.54, 1.807) is 27.2 Å². The number of aryl methyl sites for hydroxylation is 1. The maximum Gasteiger partial charge on any atom is 0.341 e. The van der Waals surface area contributed by atoms with Crippen LogP contribution in [0, 0.1) is 11.3 Å². The highest BCUT2D eigenvalue weighted by atomic mass is 32.2. The van der Waals surface area contributed by atoms with Gasteiger partial charge in [-0.2, -0.15) is 5.26 Å². The number of fused-ring (bicyclic) bond motifs is 1. The molecule has 2 heterocycles. The number of nitrogens with one attached hydrogen (secondary N) is 1. The normalized spacial score (nSPS) is 12.4. The third-order valence-electron chi connectivity index (χ3n) is 7.59. The molecule has 0 saturated heterocycles. The highest BCUT2D eigenvalue weighted by Gasteiger charge is 2.27. The molecular weight excluding hydrogens is 607 g/mol. The van der Waals surface area contributed by atoms with Crippen LogP contribution in [-0.4, -0.2) is 43.4 Å². The predicted octanol–water partition coefficient (Wildman–Crippen LogP) is 7.93. The van der Waals surface area contributed by atoms with Gasteiger partial charge < -0.3 is 19.5 Å². The minimum atomic E-state index is -0.386. The monoisotopic (exact) mass is 641 g/mol. The molecule has 0 aliphatic heterocycles. The van der Waals surface area contributed by atoms with E-state index in [2.05, 4.69) is 11.4 Å². The molecule has 8 nitrogen and oxygen atoms in total. The fourth-order valence-corrected chi connectivity index (χ4v) is 7.64. The van der Waals surface area contributed by atoms with Crippen molar-refractivity contribution in [2.24, 2.45) is 0 Å². The molecule has 232 valence electrons. The number of esters is 1. The van der Waals surface area contributed by atoms with Crippen molar-refractivity contribution in [3.05, 3.63) is 76.2 Å². The Bertz CT molecular complexity index is 1730. The third kappa shape index (κ3) is 7.32. The molecule has 1 amide bonds. The van der Waals surface area contributed by atoms with E-state index < -0.39 is 0 Å². The topological polar surface area (TPSA) is 111 Å². The molecule has 5 rings (SSSR count). The first-order chi connectivity index (χ1) is 22.0. The van der Waals surface area contributed by atoms with Gasteiger partial charge in [-0.05, 0) is 62.4 Å². The minimum absolute atomic E-state index is 0.162. The van der Waals surface area contributed by atoms with Gasteiger partial charge in [0, 0.05) is 33.7 Å². The Kier molecular flexibility index (Phi) is 10.8. The first-order valence-electron chi connectivity index (χ1n) is 14.9. The molecule has 0 saturated carbocycles. The summed E-state index contributed by atoms with van der Waals surface area (Å²) in [6, 6.07) is 19.4. The number of nitrogens with zero attached hydrogens (tertiary/aromatic N) is 2. The van der Waals surface area contributed by atoms with E-state index in [4.69, 9.17) is 19.2 Å². The van der Waals surface area contributed by atoms with Crippen LogP contribution < -0.4 is 14.8 Å². The lowest BCUT2D eigenvalue weighted by Crippen LogP contribution is -2.15. The van der Waals surface area contributed by atoms with E-state index in [0.717, 1.165) is 48.1 Å². The van der Waals surface area contributed by atoms with Crippen LogP contribution in [0.25, 0.3) is 22.4 Å². The second kappa shape index (κ2) is 15.1. The maximum atomic E-state index is 13.2. The van der Waals surface area contributed by atoms with Gasteiger partial charge in [0.15, 0.2) is 0 Å². The number of aromatic nitrogens is 1. The number of hydrogen-bond donors (Lipinski definition) is 1. The van der Waals surface area contributed by atoms with E-state index >= 15 is 0 Å². The third-order valence-corrected chi connectivity index (χ3v) is 9.77. The number of hydrogen-bond acceptors (Lipinski definition) is 9. The molecule has 2 aromatic heterocycles. The molecule has 0 fully saturated rings. The predicted molar refractivity (Wildman–Crippen MR) is 178 cm³/mol. The van der Waals surface area contributed by atoms with E-state index in [-0.39, 0.29) is 24.9 Å². The Hall–Kier alpha value is -4.33. The molecule has 0 unspecified atom stereocenters. The number of nitriles is 1. The highest BCUT2D eigenvalue weighted by molar-refractivity contribution is 7.99. The number of anilines is 1. The number of carbonyl (C=O) groups is 2. The van der Waals surface area contributed by atoms with Gasteiger partial charge in [-0.15, -0.1) is 23.1 Å². The SMILES string of the molecule is CCOC(=O)c1c(NC(=O)CCSc2nc(-c3ccccc3)cc(-c3cc(OC)ccc3OC)c2C#N)sc2c1CCCCC2. The van der Waals surface area contributed by atoms with Crippen molar-refractivity contribution < 1.29 is 23.8 Å². The average molecular weight is 642 g/mol. The zero-order chi connectivity index (χ0) is 31.8. The number of amides is 1. The van der Waals surface area contributed by atoms with Gasteiger partial charge in [0.1, 0.15) is 27.6 Å². The second-order valence-electron chi connectivity index (χ2n) is 10.4. The van der Waals surface area contributed by atoms with Crippen LogP contribution in [0.2, 0.25) is 0 Å². The Labute approximate surface area is 271 Å². The molecular formula is C35H35N3O5S2. The number of thiophene rings is 1. The molecule has 1 N–H and O–H groups in total. The van der Waals surface area contributed by atoms with Crippen molar-refractivity contribution in [3.8, 4) is 40.0 Å². The summed E-state index contributed by atoms with van der Waals surface area (Å²) in [5.41, 5.74) is 4.86. The van der Waals surface area contributed by atoms with Crippen molar-refractivity contribution in [1.29, 1.82) is 5.26 Å². The molecule has 45 heavy (non-hydrogen) atoms. The fourth-order valence-electron chi connectivity index (χ4n) is 5.41. The van der Waals surface area contributed by atoms with Crippen molar-refractivity contribution in [2.45, 2.75) is 50.5 Å². The summed E-state index contributed by atoms with van der Waals surface area (Å²) >= 11 is 2.83. The number of pyridine rings is 1. The molecule has 4 aromatic rings. The van der Waals surface area contributed by atoms with Crippen LogP contribution in [0.3, 0.4) is 0 Å². The molecule has 0 spiro atoms. The van der Waals surface area contributed by atoms with Crippen LogP contribution in [0.15, 0.2) is 59.6 Å². The Morgan fingerprint density at radius 1 is 1.02 bits per heavy atom. The van der Waals surface area contributed by atoms with Crippen molar-refractivity contribution in [2.75, 3.05) is 31.9 Å². The average Bonchev–Trinajstić information content (AvgIpc) is 3.23. The number of rotatable bonds is 11. The Morgan fingerprint density at radius 3 is 2.56 bits per heavy atom. The molecule has 1 aliphatic carbocycles. The summed E-state index contributed by atoms with van der Waals surface area (Å²) in [5.74, 6) is 1.01. The summed E-state index contributed by atoms with van der Waals surface area (Å²) in [6.07, 6.45) is 5.08. The van der Waals surface area contributed by atoms with Gasteiger partial charge in [0.2, 0.25) is 5.91 Å². The van der Waals surface area contributed by atoms with Gasteiger partial charge in [0.25, 0.3) is 0 Å². The molecule has 10 heteroatoms. The fraction of sp³-hybridized carbons (Fsp3) is 0.314. The lowest BCUT2D eigenvalue weighted by atomic mass is 9.98. The van der Waals surface area contributed by atoms with Crippen LogP contribution in [-0.2, 0) is 22.4 Å². The number of benzene rings is 2. The maximum absolute atomic E-state index is 13.2. The molecule has 1 aliphatic rings. The van der Waals surface area contributed by atoms with Gasteiger partial charge in [-0.1, -0.05) is 36.8 Å². The zero-order valence-electron chi connectivity index (χ0n) is 25.6. The molecule has 0 radical (unpaired) electrons. The molecule has 0 bridgehead atoms. The standard InChI is InChI=1S/C35H35N3O5S2/c1-4-43-35(40)32-24-13-9-6-10-14-30(24)45-34(32)38-31(39)17-18-44-33-27(21-36)25(20-28(37-33)22-11-7-5-8-12-22)26-19-23(41-2)15-16-29(26)42-3/h5,7-8,11-12,15-16,19-20H,4,6,9-10,13-14,17-18H2,1-3H3,(H,38,39). The van der Waals surface area contributed by atoms with E-state index in [0.29, 0.717) is 55.2 Å². The number of ether oxygens (including phenoxy) is 3. The van der Waals surface area contributed by atoms with Crippen molar-refractivity contribution >= 4 is 40.0 Å². The minimum Gasteiger partial charge on any atom is -0.497 e. The second-order valence-corrected chi connectivity index (χ2v) is 12.6. The number of carbonyl (C=O) groups excluding carboxylic acids is 2. The van der Waals surface area contributed by atoms with Crippen LogP contribution in [0.1, 0.15) is 59.0 Å². The first-order valence-corrected chi connectivity index (χ1v) is 16.7. The van der Waals surface area contributed by atoms with Gasteiger partial charge >= 0.3 is 5.97 Å². The summed E-state index contributed by atoms with van der Waals surface area (Å²) in [6.45, 7) is 2.05. The summed E-state index contributed by atoms with van der Waals surface area (Å²) in [4.78, 5) is 32.2. The lowest BCUT2D eigenvalue weighted by molar-refractivity contribution is -0.115. The van der Waals surface area contributed by atoms with Crippen LogP contribution in [0.5, 0.6) is 11.5 Å². The van der Waals surface area contributed by atoms with Gasteiger partial charge in [0.05, 0.1) is 37.6 Å². The van der Waals surface area contributed by atoms with Crippen molar-refractivity contribution in [1.82, 2.24) is 4.98 Å². The number of methoxy groups -OCH3 is 2.